The lowest BCUT2D eigenvalue weighted by molar-refractivity contribution is -0.127. The Morgan fingerprint density at radius 2 is 1.88 bits per heavy atom. The monoisotopic (exact) mass is 389 g/mol. The smallest absolute Gasteiger partial charge is 0.233 e. The third kappa shape index (κ3) is 4.65. The van der Waals surface area contributed by atoms with Crippen LogP contribution in [-0.2, 0) is 11.3 Å². The van der Waals surface area contributed by atoms with Gasteiger partial charge in [-0.15, -0.1) is 0 Å². The third-order valence-electron chi connectivity index (χ3n) is 3.80. The number of carbonyl (C=O) groups is 1. The predicted octanol–water partition coefficient (Wildman–Crippen LogP) is 4.42. The highest BCUT2D eigenvalue weighted by molar-refractivity contribution is 7.99. The summed E-state index contributed by atoms with van der Waals surface area (Å²) in [6, 6.07) is 13.6. The molecule has 0 aliphatic carbocycles. The Labute approximate surface area is 160 Å². The normalized spacial score (nSPS) is 10.7. The Bertz CT molecular complexity index is 881. The molecular formula is C19H17ClFN3OS. The molecule has 0 aliphatic heterocycles. The minimum atomic E-state index is -0.285. The van der Waals surface area contributed by atoms with Gasteiger partial charge in [-0.2, -0.15) is 0 Å². The van der Waals surface area contributed by atoms with Crippen LogP contribution in [0, 0.1) is 5.82 Å². The van der Waals surface area contributed by atoms with Crippen LogP contribution >= 0.6 is 23.4 Å². The summed E-state index contributed by atoms with van der Waals surface area (Å²) in [7, 11) is 1.73. The van der Waals surface area contributed by atoms with Gasteiger partial charge in [-0.05, 0) is 42.0 Å². The van der Waals surface area contributed by atoms with Gasteiger partial charge in [0.1, 0.15) is 5.82 Å². The number of rotatable bonds is 6. The van der Waals surface area contributed by atoms with Crippen molar-refractivity contribution in [3.63, 3.8) is 0 Å². The molecule has 0 fully saturated rings. The van der Waals surface area contributed by atoms with Gasteiger partial charge in [0, 0.05) is 36.7 Å². The van der Waals surface area contributed by atoms with Crippen LogP contribution in [0.2, 0.25) is 5.02 Å². The molecule has 2 aromatic carbocycles. The molecule has 0 saturated carbocycles. The molecule has 1 amide bonds. The van der Waals surface area contributed by atoms with Crippen LogP contribution in [0.25, 0.3) is 5.69 Å². The molecular weight excluding hydrogens is 373 g/mol. The first-order chi connectivity index (χ1) is 12.5. The van der Waals surface area contributed by atoms with Crippen molar-refractivity contribution in [1.29, 1.82) is 0 Å². The van der Waals surface area contributed by atoms with Gasteiger partial charge in [-0.1, -0.05) is 35.5 Å². The second kappa shape index (κ2) is 8.38. The maximum atomic E-state index is 13.0. The van der Waals surface area contributed by atoms with Crippen molar-refractivity contribution in [2.75, 3.05) is 12.8 Å². The third-order valence-corrected chi connectivity index (χ3v) is 5.00. The standard InChI is InChI=1S/C19H17ClFN3OS/c1-23(12-14-2-6-16(21)7-3-14)18(25)13-26-19-22-10-11-24(19)17-8-4-15(20)5-9-17/h2-11H,12-13H2,1H3. The summed E-state index contributed by atoms with van der Waals surface area (Å²) in [6.45, 7) is 0.436. The molecule has 0 unspecified atom stereocenters. The van der Waals surface area contributed by atoms with Crippen molar-refractivity contribution in [3.8, 4) is 5.69 Å². The Kier molecular flexibility index (Phi) is 5.96. The highest BCUT2D eigenvalue weighted by Gasteiger charge is 2.13. The Hall–Kier alpha value is -2.31. The fourth-order valence-corrected chi connectivity index (χ4v) is 3.42. The number of halogens is 2. The summed E-state index contributed by atoms with van der Waals surface area (Å²) in [5.74, 6) is -0.0419. The van der Waals surface area contributed by atoms with Crippen LogP contribution in [0.5, 0.6) is 0 Å². The van der Waals surface area contributed by atoms with Gasteiger partial charge < -0.3 is 4.90 Å². The van der Waals surface area contributed by atoms with E-state index in [0.717, 1.165) is 16.4 Å². The minimum absolute atomic E-state index is 0.0232. The van der Waals surface area contributed by atoms with Crippen LogP contribution in [-0.4, -0.2) is 33.2 Å². The largest absolute Gasteiger partial charge is 0.341 e. The summed E-state index contributed by atoms with van der Waals surface area (Å²) >= 11 is 7.29. The number of hydrogen-bond acceptors (Lipinski definition) is 3. The summed E-state index contributed by atoms with van der Waals surface area (Å²) in [5.41, 5.74) is 1.82. The van der Waals surface area contributed by atoms with E-state index in [2.05, 4.69) is 4.98 Å². The fourth-order valence-electron chi connectivity index (χ4n) is 2.38. The van der Waals surface area contributed by atoms with E-state index in [4.69, 9.17) is 11.6 Å². The minimum Gasteiger partial charge on any atom is -0.341 e. The van der Waals surface area contributed by atoms with E-state index in [1.807, 2.05) is 35.0 Å². The molecule has 4 nitrogen and oxygen atoms in total. The summed E-state index contributed by atoms with van der Waals surface area (Å²) < 4.78 is 14.9. The predicted molar refractivity (Wildman–Crippen MR) is 102 cm³/mol. The topological polar surface area (TPSA) is 38.1 Å². The van der Waals surface area contributed by atoms with E-state index in [0.29, 0.717) is 11.6 Å². The van der Waals surface area contributed by atoms with Crippen molar-refractivity contribution in [2.24, 2.45) is 0 Å². The Balaban J connectivity index is 1.60. The molecule has 0 aliphatic rings. The number of thioether (sulfide) groups is 1. The van der Waals surface area contributed by atoms with Crippen LogP contribution in [0.4, 0.5) is 4.39 Å². The van der Waals surface area contributed by atoms with Crippen molar-refractivity contribution < 1.29 is 9.18 Å². The van der Waals surface area contributed by atoms with E-state index < -0.39 is 0 Å². The maximum Gasteiger partial charge on any atom is 0.233 e. The van der Waals surface area contributed by atoms with Gasteiger partial charge in [0.05, 0.1) is 5.75 Å². The van der Waals surface area contributed by atoms with Gasteiger partial charge in [-0.3, -0.25) is 9.36 Å². The Morgan fingerprint density at radius 1 is 1.19 bits per heavy atom. The molecule has 0 radical (unpaired) electrons. The van der Waals surface area contributed by atoms with E-state index in [1.54, 1.807) is 30.3 Å². The molecule has 7 heteroatoms. The molecule has 134 valence electrons. The average Bonchev–Trinajstić information content (AvgIpc) is 3.10. The van der Waals surface area contributed by atoms with Crippen molar-refractivity contribution in [3.05, 3.63) is 77.3 Å². The zero-order chi connectivity index (χ0) is 18.5. The molecule has 0 atom stereocenters. The number of carbonyl (C=O) groups excluding carboxylic acids is 1. The van der Waals surface area contributed by atoms with Crippen molar-refractivity contribution >= 4 is 29.3 Å². The fraction of sp³-hybridized carbons (Fsp3) is 0.158. The first-order valence-corrected chi connectivity index (χ1v) is 9.30. The highest BCUT2D eigenvalue weighted by atomic mass is 35.5. The van der Waals surface area contributed by atoms with Gasteiger partial charge in [0.15, 0.2) is 5.16 Å². The lowest BCUT2D eigenvalue weighted by atomic mass is 10.2. The van der Waals surface area contributed by atoms with Gasteiger partial charge in [-0.25, -0.2) is 9.37 Å². The number of amides is 1. The molecule has 3 aromatic rings. The SMILES string of the molecule is CN(Cc1ccc(F)cc1)C(=O)CSc1nccn1-c1ccc(Cl)cc1. The quantitative estimate of drug-likeness (QED) is 0.586. The first-order valence-electron chi connectivity index (χ1n) is 7.93. The van der Waals surface area contributed by atoms with E-state index >= 15 is 0 Å². The van der Waals surface area contributed by atoms with Crippen LogP contribution in [0.15, 0.2) is 66.1 Å². The van der Waals surface area contributed by atoms with E-state index in [1.165, 1.54) is 23.9 Å². The van der Waals surface area contributed by atoms with Crippen LogP contribution in [0.1, 0.15) is 5.56 Å². The molecule has 0 N–H and O–H groups in total. The van der Waals surface area contributed by atoms with Gasteiger partial charge in [0.25, 0.3) is 0 Å². The second-order valence-electron chi connectivity index (χ2n) is 5.72. The molecule has 1 aromatic heterocycles. The molecule has 0 spiro atoms. The molecule has 3 rings (SSSR count). The average molecular weight is 390 g/mol. The van der Waals surface area contributed by atoms with E-state index in [-0.39, 0.29) is 17.5 Å². The maximum absolute atomic E-state index is 13.0. The van der Waals surface area contributed by atoms with Crippen LogP contribution in [0.3, 0.4) is 0 Å². The van der Waals surface area contributed by atoms with Gasteiger partial charge >= 0.3 is 0 Å². The summed E-state index contributed by atoms with van der Waals surface area (Å²) in [6.07, 6.45) is 3.54. The zero-order valence-electron chi connectivity index (χ0n) is 14.1. The number of imidazole rings is 1. The van der Waals surface area contributed by atoms with E-state index in [9.17, 15) is 9.18 Å². The highest BCUT2D eigenvalue weighted by Crippen LogP contribution is 2.22. The lowest BCUT2D eigenvalue weighted by Crippen LogP contribution is -2.27. The summed E-state index contributed by atoms with van der Waals surface area (Å²) in [5, 5.41) is 1.40. The molecule has 1 heterocycles. The summed E-state index contributed by atoms with van der Waals surface area (Å²) in [4.78, 5) is 18.3. The van der Waals surface area contributed by atoms with Crippen LogP contribution < -0.4 is 0 Å². The second-order valence-corrected chi connectivity index (χ2v) is 7.10. The molecule has 0 saturated heterocycles. The first kappa shape index (κ1) is 18.5. The zero-order valence-corrected chi connectivity index (χ0v) is 15.7. The Morgan fingerprint density at radius 3 is 2.58 bits per heavy atom. The molecule has 0 bridgehead atoms. The molecule has 26 heavy (non-hydrogen) atoms. The van der Waals surface area contributed by atoms with Crippen molar-refractivity contribution in [2.45, 2.75) is 11.7 Å². The van der Waals surface area contributed by atoms with Gasteiger partial charge in [0.2, 0.25) is 5.91 Å². The number of benzene rings is 2. The van der Waals surface area contributed by atoms with Crippen molar-refractivity contribution in [1.82, 2.24) is 14.5 Å². The number of hydrogen-bond donors (Lipinski definition) is 0. The lowest BCUT2D eigenvalue weighted by Gasteiger charge is -2.17. The number of aromatic nitrogens is 2. The number of nitrogens with zero attached hydrogens (tertiary/aromatic N) is 3.